The van der Waals surface area contributed by atoms with Crippen molar-refractivity contribution in [1.82, 2.24) is 4.57 Å². The highest BCUT2D eigenvalue weighted by Gasteiger charge is 2.23. The van der Waals surface area contributed by atoms with Crippen molar-refractivity contribution < 1.29 is 5.11 Å². The Balaban J connectivity index is 2.21. The molecule has 2 nitrogen and oxygen atoms in total. The molecule has 0 amide bonds. The predicted octanol–water partition coefficient (Wildman–Crippen LogP) is 2.46. The lowest BCUT2D eigenvalue weighted by Crippen LogP contribution is -2.00. The van der Waals surface area contributed by atoms with Crippen LogP contribution in [0.2, 0.25) is 0 Å². The summed E-state index contributed by atoms with van der Waals surface area (Å²) in [6.45, 7) is 0. The van der Waals surface area contributed by atoms with Gasteiger partial charge >= 0.3 is 0 Å². The van der Waals surface area contributed by atoms with Crippen LogP contribution in [0.25, 0.3) is 5.69 Å². The zero-order chi connectivity index (χ0) is 10.3. The van der Waals surface area contributed by atoms with Gasteiger partial charge in [-0.15, -0.1) is 0 Å². The Kier molecular flexibility index (Phi) is 1.89. The van der Waals surface area contributed by atoms with E-state index in [4.69, 9.17) is 0 Å². The zero-order valence-corrected chi connectivity index (χ0v) is 8.43. The standard InChI is InChI=1S/C13H13NO/c15-12-7-6-10-4-3-5-11(13(10)12)14-8-1-2-9-14/h1-5,8-9,12,15H,6-7H2. The van der Waals surface area contributed by atoms with E-state index in [1.807, 2.05) is 24.5 Å². The first-order chi connectivity index (χ1) is 7.36. The quantitative estimate of drug-likeness (QED) is 0.749. The van der Waals surface area contributed by atoms with Crippen molar-refractivity contribution in [3.05, 3.63) is 53.9 Å². The van der Waals surface area contributed by atoms with E-state index in [0.717, 1.165) is 24.1 Å². The van der Waals surface area contributed by atoms with E-state index >= 15 is 0 Å². The summed E-state index contributed by atoms with van der Waals surface area (Å²) in [5.41, 5.74) is 3.50. The molecule has 1 aliphatic rings. The Morgan fingerprint density at radius 1 is 1.13 bits per heavy atom. The molecule has 0 saturated heterocycles. The van der Waals surface area contributed by atoms with Gasteiger partial charge in [0.05, 0.1) is 11.8 Å². The second kappa shape index (κ2) is 3.24. The highest BCUT2D eigenvalue weighted by molar-refractivity contribution is 5.50. The summed E-state index contributed by atoms with van der Waals surface area (Å²) in [7, 11) is 0. The van der Waals surface area contributed by atoms with Crippen molar-refractivity contribution in [2.45, 2.75) is 18.9 Å². The first kappa shape index (κ1) is 8.74. The Morgan fingerprint density at radius 2 is 1.93 bits per heavy atom. The zero-order valence-electron chi connectivity index (χ0n) is 8.43. The Hall–Kier alpha value is -1.54. The van der Waals surface area contributed by atoms with Gasteiger partial charge in [0.2, 0.25) is 0 Å². The van der Waals surface area contributed by atoms with Gasteiger partial charge in [-0.25, -0.2) is 0 Å². The third-order valence-corrected chi connectivity index (χ3v) is 3.08. The van der Waals surface area contributed by atoms with Crippen molar-refractivity contribution in [2.24, 2.45) is 0 Å². The molecule has 0 spiro atoms. The Morgan fingerprint density at radius 3 is 2.73 bits per heavy atom. The largest absolute Gasteiger partial charge is 0.388 e. The number of fused-ring (bicyclic) bond motifs is 1. The van der Waals surface area contributed by atoms with Crippen LogP contribution < -0.4 is 0 Å². The van der Waals surface area contributed by atoms with E-state index in [9.17, 15) is 5.11 Å². The Bertz CT molecular complexity index is 473. The topological polar surface area (TPSA) is 25.2 Å². The molecule has 1 aliphatic carbocycles. The van der Waals surface area contributed by atoms with Crippen molar-refractivity contribution in [3.63, 3.8) is 0 Å². The second-order valence-electron chi connectivity index (χ2n) is 3.99. The minimum absolute atomic E-state index is 0.293. The summed E-state index contributed by atoms with van der Waals surface area (Å²) >= 11 is 0. The van der Waals surface area contributed by atoms with Gasteiger partial charge in [0.1, 0.15) is 0 Å². The fraction of sp³-hybridized carbons (Fsp3) is 0.231. The first-order valence-electron chi connectivity index (χ1n) is 5.29. The number of hydrogen-bond acceptors (Lipinski definition) is 1. The van der Waals surface area contributed by atoms with Crippen LogP contribution in [0.1, 0.15) is 23.7 Å². The van der Waals surface area contributed by atoms with Gasteiger partial charge in [-0.2, -0.15) is 0 Å². The summed E-state index contributed by atoms with van der Waals surface area (Å²) in [6, 6.07) is 10.2. The number of benzene rings is 1. The third kappa shape index (κ3) is 1.29. The van der Waals surface area contributed by atoms with Crippen LogP contribution in [0, 0.1) is 0 Å². The van der Waals surface area contributed by atoms with Crippen LogP contribution in [0.15, 0.2) is 42.7 Å². The molecule has 76 valence electrons. The molecular formula is C13H13NO. The summed E-state index contributed by atoms with van der Waals surface area (Å²) < 4.78 is 2.06. The number of rotatable bonds is 1. The Labute approximate surface area is 88.8 Å². The van der Waals surface area contributed by atoms with Crippen molar-refractivity contribution in [1.29, 1.82) is 0 Å². The summed E-state index contributed by atoms with van der Waals surface area (Å²) in [6.07, 6.45) is 5.58. The van der Waals surface area contributed by atoms with Gasteiger partial charge in [-0.3, -0.25) is 0 Å². The molecule has 2 heteroatoms. The van der Waals surface area contributed by atoms with Crippen molar-refractivity contribution >= 4 is 0 Å². The highest BCUT2D eigenvalue weighted by Crippen LogP contribution is 2.35. The number of aliphatic hydroxyl groups excluding tert-OH is 1. The monoisotopic (exact) mass is 199 g/mol. The smallest absolute Gasteiger partial charge is 0.0816 e. The second-order valence-corrected chi connectivity index (χ2v) is 3.99. The van der Waals surface area contributed by atoms with E-state index in [0.29, 0.717) is 0 Å². The van der Waals surface area contributed by atoms with Gasteiger partial charge in [0.25, 0.3) is 0 Å². The van der Waals surface area contributed by atoms with E-state index in [1.165, 1.54) is 5.56 Å². The van der Waals surface area contributed by atoms with E-state index in [-0.39, 0.29) is 6.10 Å². The molecule has 0 aliphatic heterocycles. The molecule has 1 aromatic carbocycles. The highest BCUT2D eigenvalue weighted by atomic mass is 16.3. The third-order valence-electron chi connectivity index (χ3n) is 3.08. The molecule has 1 unspecified atom stereocenters. The molecule has 2 aromatic rings. The fourth-order valence-corrected chi connectivity index (χ4v) is 2.36. The average Bonchev–Trinajstić information content (AvgIpc) is 2.88. The van der Waals surface area contributed by atoms with Gasteiger partial charge < -0.3 is 9.67 Å². The molecule has 1 atom stereocenters. The first-order valence-corrected chi connectivity index (χ1v) is 5.29. The minimum Gasteiger partial charge on any atom is -0.388 e. The predicted molar refractivity (Wildman–Crippen MR) is 59.0 cm³/mol. The van der Waals surface area contributed by atoms with Gasteiger partial charge in [-0.1, -0.05) is 12.1 Å². The lowest BCUT2D eigenvalue weighted by Gasteiger charge is -2.12. The summed E-state index contributed by atoms with van der Waals surface area (Å²) in [4.78, 5) is 0. The van der Waals surface area contributed by atoms with Crippen LogP contribution in [0.3, 0.4) is 0 Å². The van der Waals surface area contributed by atoms with E-state index < -0.39 is 0 Å². The lowest BCUT2D eigenvalue weighted by atomic mass is 10.1. The van der Waals surface area contributed by atoms with E-state index in [1.54, 1.807) is 0 Å². The summed E-state index contributed by atoms with van der Waals surface area (Å²) in [5, 5.41) is 9.95. The van der Waals surface area contributed by atoms with Crippen LogP contribution in [-0.4, -0.2) is 9.67 Å². The molecule has 1 N–H and O–H groups in total. The number of nitrogens with zero attached hydrogens (tertiary/aromatic N) is 1. The van der Waals surface area contributed by atoms with Gasteiger partial charge in [-0.05, 0) is 36.6 Å². The fourth-order valence-electron chi connectivity index (χ4n) is 2.36. The number of aliphatic hydroxyl groups is 1. The normalized spacial score (nSPS) is 19.1. The molecule has 0 saturated carbocycles. The number of aromatic nitrogens is 1. The molecular weight excluding hydrogens is 186 g/mol. The molecule has 0 radical (unpaired) electrons. The molecule has 3 rings (SSSR count). The van der Waals surface area contributed by atoms with Gasteiger partial charge in [0, 0.05) is 18.0 Å². The average molecular weight is 199 g/mol. The van der Waals surface area contributed by atoms with Crippen LogP contribution >= 0.6 is 0 Å². The SMILES string of the molecule is OC1CCc2cccc(-n3cccc3)c21. The molecule has 1 aromatic heterocycles. The van der Waals surface area contributed by atoms with Crippen LogP contribution in [0.5, 0.6) is 0 Å². The van der Waals surface area contributed by atoms with Gasteiger partial charge in [0.15, 0.2) is 0 Å². The van der Waals surface area contributed by atoms with Crippen molar-refractivity contribution in [2.75, 3.05) is 0 Å². The number of hydrogen-bond donors (Lipinski definition) is 1. The summed E-state index contributed by atoms with van der Waals surface area (Å²) in [5.74, 6) is 0. The maximum Gasteiger partial charge on any atom is 0.0816 e. The maximum atomic E-state index is 9.95. The lowest BCUT2D eigenvalue weighted by molar-refractivity contribution is 0.180. The van der Waals surface area contributed by atoms with Crippen molar-refractivity contribution in [3.8, 4) is 5.69 Å². The van der Waals surface area contributed by atoms with Crippen LogP contribution in [-0.2, 0) is 6.42 Å². The minimum atomic E-state index is -0.293. The molecule has 1 heterocycles. The van der Waals surface area contributed by atoms with Crippen LogP contribution in [0.4, 0.5) is 0 Å². The molecule has 15 heavy (non-hydrogen) atoms. The number of aryl methyl sites for hydroxylation is 1. The molecule has 0 fully saturated rings. The van der Waals surface area contributed by atoms with E-state index in [2.05, 4.69) is 22.8 Å². The maximum absolute atomic E-state index is 9.95. The molecule has 0 bridgehead atoms.